The zero-order valence-electron chi connectivity index (χ0n) is 8.61. The lowest BCUT2D eigenvalue weighted by atomic mass is 9.79. The summed E-state index contributed by atoms with van der Waals surface area (Å²) in [5.41, 5.74) is 3.10. The molecule has 1 rings (SSSR count). The van der Waals surface area contributed by atoms with E-state index in [2.05, 4.69) is 33.4 Å². The van der Waals surface area contributed by atoms with E-state index in [9.17, 15) is 0 Å². The van der Waals surface area contributed by atoms with Crippen LogP contribution in [0.1, 0.15) is 46.5 Å². The molecule has 0 unspecified atom stereocenters. The second-order valence-corrected chi connectivity index (χ2v) is 4.70. The topological polar surface area (TPSA) is 0 Å². The minimum atomic E-state index is 0.253. The van der Waals surface area contributed by atoms with Gasteiger partial charge in [-0.3, -0.25) is 0 Å². The lowest BCUT2D eigenvalue weighted by molar-refractivity contribution is 0.502. The van der Waals surface area contributed by atoms with Gasteiger partial charge in [-0.2, -0.15) is 0 Å². The van der Waals surface area contributed by atoms with Gasteiger partial charge in [-0.1, -0.05) is 33.4 Å². The second-order valence-electron chi connectivity index (χ2n) is 4.70. The van der Waals surface area contributed by atoms with Gasteiger partial charge >= 0.3 is 0 Å². The van der Waals surface area contributed by atoms with Gasteiger partial charge in [-0.25, -0.2) is 0 Å². The van der Waals surface area contributed by atoms with Gasteiger partial charge in [-0.05, 0) is 42.2 Å². The highest BCUT2D eigenvalue weighted by molar-refractivity contribution is 5.33. The summed E-state index contributed by atoms with van der Waals surface area (Å²) in [6.07, 6.45) is 7.58. The molecule has 0 spiro atoms. The normalized spacial score (nSPS) is 18.8. The van der Waals surface area contributed by atoms with E-state index in [0.717, 1.165) is 0 Å². The average molecular weight is 164 g/mol. The largest absolute Gasteiger partial charge is 0.0950 e. The Morgan fingerprint density at radius 3 is 2.42 bits per heavy atom. The van der Waals surface area contributed by atoms with E-state index in [-0.39, 0.29) is 5.41 Å². The summed E-state index contributed by atoms with van der Waals surface area (Å²) in [7, 11) is 0. The highest BCUT2D eigenvalue weighted by Crippen LogP contribution is 2.34. The van der Waals surface area contributed by atoms with Crippen molar-refractivity contribution in [1.29, 1.82) is 0 Å². The Balaban J connectivity index is 2.70. The molecule has 0 atom stereocenters. The van der Waals surface area contributed by atoms with Crippen LogP contribution in [0.5, 0.6) is 0 Å². The maximum atomic E-state index is 4.18. The van der Waals surface area contributed by atoms with Crippen LogP contribution in [-0.4, -0.2) is 0 Å². The van der Waals surface area contributed by atoms with Gasteiger partial charge in [0.15, 0.2) is 0 Å². The van der Waals surface area contributed by atoms with E-state index in [0.29, 0.717) is 0 Å². The van der Waals surface area contributed by atoms with E-state index in [1.54, 1.807) is 0 Å². The van der Waals surface area contributed by atoms with Crippen molar-refractivity contribution in [3.63, 3.8) is 0 Å². The first kappa shape index (κ1) is 9.57. The fraction of sp³-hybridized carbons (Fsp3) is 0.667. The molecule has 1 aliphatic rings. The Kier molecular flexibility index (Phi) is 2.76. The molecule has 0 aromatic rings. The van der Waals surface area contributed by atoms with Crippen molar-refractivity contribution in [2.75, 3.05) is 0 Å². The number of allylic oxidation sites excluding steroid dienone is 3. The monoisotopic (exact) mass is 164 g/mol. The van der Waals surface area contributed by atoms with Crippen LogP contribution in [0.15, 0.2) is 23.8 Å². The summed E-state index contributed by atoms with van der Waals surface area (Å²) >= 11 is 0. The van der Waals surface area contributed by atoms with Crippen molar-refractivity contribution < 1.29 is 0 Å². The van der Waals surface area contributed by atoms with E-state index in [1.165, 1.54) is 36.8 Å². The standard InChI is InChI=1S/C12H20/c1-10(12(2,3)4)11-8-6-5-7-9-11/h8H,1,5-7,9H2,2-4H3. The summed E-state index contributed by atoms with van der Waals surface area (Å²) in [4.78, 5) is 0. The van der Waals surface area contributed by atoms with Gasteiger partial charge in [-0.15, -0.1) is 0 Å². The highest BCUT2D eigenvalue weighted by Gasteiger charge is 2.18. The third kappa shape index (κ3) is 2.23. The lowest BCUT2D eigenvalue weighted by Gasteiger charge is -2.26. The minimum Gasteiger partial charge on any atom is -0.0950 e. The van der Waals surface area contributed by atoms with E-state index in [4.69, 9.17) is 0 Å². The molecule has 0 amide bonds. The molecule has 0 radical (unpaired) electrons. The molecule has 0 saturated heterocycles. The molecule has 0 nitrogen and oxygen atoms in total. The summed E-state index contributed by atoms with van der Waals surface area (Å²) in [5, 5.41) is 0. The van der Waals surface area contributed by atoms with E-state index < -0.39 is 0 Å². The van der Waals surface area contributed by atoms with Gasteiger partial charge < -0.3 is 0 Å². The van der Waals surface area contributed by atoms with Gasteiger partial charge in [0.25, 0.3) is 0 Å². The van der Waals surface area contributed by atoms with Gasteiger partial charge in [0, 0.05) is 0 Å². The first-order valence-corrected chi connectivity index (χ1v) is 4.90. The zero-order valence-corrected chi connectivity index (χ0v) is 8.61. The third-order valence-corrected chi connectivity index (χ3v) is 2.58. The summed E-state index contributed by atoms with van der Waals surface area (Å²) in [5.74, 6) is 0. The molecule has 0 aliphatic heterocycles. The maximum Gasteiger partial charge on any atom is -0.0135 e. The van der Waals surface area contributed by atoms with Gasteiger partial charge in [0.1, 0.15) is 0 Å². The number of rotatable bonds is 1. The Hall–Kier alpha value is -0.520. The van der Waals surface area contributed by atoms with Crippen LogP contribution in [0.4, 0.5) is 0 Å². The van der Waals surface area contributed by atoms with Crippen molar-refractivity contribution in [2.45, 2.75) is 46.5 Å². The van der Waals surface area contributed by atoms with Crippen molar-refractivity contribution in [2.24, 2.45) is 5.41 Å². The fourth-order valence-corrected chi connectivity index (χ4v) is 1.59. The average Bonchev–Trinajstić information content (AvgIpc) is 2.03. The second kappa shape index (κ2) is 3.47. The lowest BCUT2D eigenvalue weighted by Crippen LogP contribution is -2.11. The summed E-state index contributed by atoms with van der Waals surface area (Å²) < 4.78 is 0. The number of hydrogen-bond acceptors (Lipinski definition) is 0. The molecule has 12 heavy (non-hydrogen) atoms. The molecular weight excluding hydrogens is 144 g/mol. The molecule has 0 N–H and O–H groups in total. The molecule has 0 aromatic heterocycles. The Morgan fingerprint density at radius 2 is 2.00 bits per heavy atom. The Bertz CT molecular complexity index is 201. The van der Waals surface area contributed by atoms with E-state index >= 15 is 0 Å². The maximum absolute atomic E-state index is 4.18. The molecule has 0 aromatic carbocycles. The van der Waals surface area contributed by atoms with Crippen molar-refractivity contribution in [3.8, 4) is 0 Å². The fourth-order valence-electron chi connectivity index (χ4n) is 1.59. The number of hydrogen-bond donors (Lipinski definition) is 0. The smallest absolute Gasteiger partial charge is 0.0135 e. The first-order valence-electron chi connectivity index (χ1n) is 4.90. The predicted molar refractivity (Wildman–Crippen MR) is 55.1 cm³/mol. The zero-order chi connectivity index (χ0) is 9.19. The highest BCUT2D eigenvalue weighted by atomic mass is 14.2. The molecule has 1 aliphatic carbocycles. The van der Waals surface area contributed by atoms with Gasteiger partial charge in [0.2, 0.25) is 0 Å². The SMILES string of the molecule is C=C(C1=CCCCC1)C(C)(C)C. The van der Waals surface area contributed by atoms with Crippen LogP contribution in [0.25, 0.3) is 0 Å². The van der Waals surface area contributed by atoms with Gasteiger partial charge in [0.05, 0.1) is 0 Å². The summed E-state index contributed by atoms with van der Waals surface area (Å²) in [6.45, 7) is 10.9. The van der Waals surface area contributed by atoms with Crippen LogP contribution in [-0.2, 0) is 0 Å². The molecule has 0 bridgehead atoms. The van der Waals surface area contributed by atoms with Crippen molar-refractivity contribution in [3.05, 3.63) is 23.8 Å². The van der Waals surface area contributed by atoms with Crippen LogP contribution in [0, 0.1) is 5.41 Å². The van der Waals surface area contributed by atoms with Crippen LogP contribution >= 0.6 is 0 Å². The molecule has 0 heterocycles. The Labute approximate surface area is 76.4 Å². The third-order valence-electron chi connectivity index (χ3n) is 2.58. The Morgan fingerprint density at radius 1 is 1.33 bits per heavy atom. The molecule has 68 valence electrons. The van der Waals surface area contributed by atoms with Crippen LogP contribution in [0.3, 0.4) is 0 Å². The molecule has 0 saturated carbocycles. The molecule has 0 fully saturated rings. The van der Waals surface area contributed by atoms with E-state index in [1.807, 2.05) is 0 Å². The first-order chi connectivity index (χ1) is 5.52. The molecular formula is C12H20. The quantitative estimate of drug-likeness (QED) is 0.547. The minimum absolute atomic E-state index is 0.253. The van der Waals surface area contributed by atoms with Crippen LogP contribution in [0.2, 0.25) is 0 Å². The molecule has 0 heteroatoms. The van der Waals surface area contributed by atoms with Crippen molar-refractivity contribution in [1.82, 2.24) is 0 Å². The summed E-state index contributed by atoms with van der Waals surface area (Å²) in [6, 6.07) is 0. The predicted octanol–water partition coefficient (Wildman–Crippen LogP) is 4.09. The van der Waals surface area contributed by atoms with Crippen LogP contribution < -0.4 is 0 Å². The van der Waals surface area contributed by atoms with Crippen molar-refractivity contribution >= 4 is 0 Å².